The molecule has 0 bridgehead atoms. The number of aromatic amines is 1. The molecule has 1 aliphatic carbocycles. The smallest absolute Gasteiger partial charge is 0.243 e. The number of carbonyl (C=O) groups excluding carboxylic acids is 1. The number of aryl methyl sites for hydroxylation is 1. The summed E-state index contributed by atoms with van der Waals surface area (Å²) in [6.07, 6.45) is 7.38. The SMILES string of the molecule is C=CC(=O)NCCN(CCC)c1ncnc2c1CC(=C)[C@@H](c1c(C)ccc3[nH]ncc13)C2. The van der Waals surface area contributed by atoms with Crippen molar-refractivity contribution in [2.24, 2.45) is 0 Å². The second kappa shape index (κ2) is 9.34. The quantitative estimate of drug-likeness (QED) is 0.421. The van der Waals surface area contributed by atoms with Gasteiger partial charge in [-0.2, -0.15) is 5.10 Å². The summed E-state index contributed by atoms with van der Waals surface area (Å²) in [7, 11) is 0. The van der Waals surface area contributed by atoms with Gasteiger partial charge < -0.3 is 10.2 Å². The highest BCUT2D eigenvalue weighted by atomic mass is 16.1. The van der Waals surface area contributed by atoms with Crippen LogP contribution in [0.15, 0.2) is 49.5 Å². The molecule has 0 spiro atoms. The lowest BCUT2D eigenvalue weighted by molar-refractivity contribution is -0.116. The van der Waals surface area contributed by atoms with Crippen molar-refractivity contribution in [1.29, 1.82) is 0 Å². The van der Waals surface area contributed by atoms with E-state index in [1.165, 1.54) is 22.8 Å². The van der Waals surface area contributed by atoms with Crippen molar-refractivity contribution >= 4 is 22.6 Å². The third-order valence-corrected chi connectivity index (χ3v) is 6.20. The molecule has 0 aliphatic heterocycles. The first-order chi connectivity index (χ1) is 15.5. The Kier molecular flexibility index (Phi) is 6.35. The van der Waals surface area contributed by atoms with E-state index in [-0.39, 0.29) is 11.8 Å². The molecule has 1 aromatic carbocycles. The summed E-state index contributed by atoms with van der Waals surface area (Å²) in [5, 5.41) is 11.3. The fraction of sp³-hybridized carbons (Fsp3) is 0.360. The van der Waals surface area contributed by atoms with Crippen LogP contribution in [0.1, 0.15) is 41.6 Å². The Morgan fingerprint density at radius 1 is 1.34 bits per heavy atom. The summed E-state index contributed by atoms with van der Waals surface area (Å²) >= 11 is 0. The molecule has 0 fully saturated rings. The Labute approximate surface area is 188 Å². The molecular formula is C25H30N6O. The first-order valence-electron chi connectivity index (χ1n) is 11.1. The molecule has 2 heterocycles. The topological polar surface area (TPSA) is 86.8 Å². The van der Waals surface area contributed by atoms with Crippen LogP contribution in [0.2, 0.25) is 0 Å². The summed E-state index contributed by atoms with van der Waals surface area (Å²) < 4.78 is 0. The molecule has 0 radical (unpaired) electrons. The number of H-pyrrole nitrogens is 1. The Balaban J connectivity index is 1.64. The van der Waals surface area contributed by atoms with Crippen molar-refractivity contribution in [3.05, 3.63) is 71.8 Å². The van der Waals surface area contributed by atoms with Crippen molar-refractivity contribution in [3.8, 4) is 0 Å². The van der Waals surface area contributed by atoms with Gasteiger partial charge in [0.05, 0.1) is 17.4 Å². The van der Waals surface area contributed by atoms with Gasteiger partial charge in [-0.3, -0.25) is 9.89 Å². The van der Waals surface area contributed by atoms with Gasteiger partial charge in [-0.25, -0.2) is 9.97 Å². The zero-order valence-corrected chi connectivity index (χ0v) is 18.8. The number of nitrogens with zero attached hydrogens (tertiary/aromatic N) is 4. The predicted molar refractivity (Wildman–Crippen MR) is 128 cm³/mol. The van der Waals surface area contributed by atoms with E-state index in [4.69, 9.17) is 0 Å². The van der Waals surface area contributed by atoms with Gasteiger partial charge in [0.2, 0.25) is 5.91 Å². The van der Waals surface area contributed by atoms with E-state index >= 15 is 0 Å². The summed E-state index contributed by atoms with van der Waals surface area (Å²) in [5.74, 6) is 0.978. The highest BCUT2D eigenvalue weighted by molar-refractivity contribution is 5.86. The van der Waals surface area contributed by atoms with Gasteiger partial charge >= 0.3 is 0 Å². The van der Waals surface area contributed by atoms with Gasteiger partial charge in [0.1, 0.15) is 12.1 Å². The Morgan fingerprint density at radius 3 is 2.97 bits per heavy atom. The van der Waals surface area contributed by atoms with Crippen molar-refractivity contribution in [2.45, 2.75) is 39.0 Å². The average molecular weight is 431 g/mol. The van der Waals surface area contributed by atoms with Crippen LogP contribution in [-0.2, 0) is 17.6 Å². The molecule has 0 saturated carbocycles. The van der Waals surface area contributed by atoms with E-state index < -0.39 is 0 Å². The number of carbonyl (C=O) groups is 1. The number of rotatable bonds is 8. The number of fused-ring (bicyclic) bond motifs is 2. The predicted octanol–water partition coefficient (Wildman–Crippen LogP) is 3.62. The van der Waals surface area contributed by atoms with Gasteiger partial charge in [0.15, 0.2) is 0 Å². The van der Waals surface area contributed by atoms with Crippen LogP contribution >= 0.6 is 0 Å². The summed E-state index contributed by atoms with van der Waals surface area (Å²) in [5.41, 5.74) is 6.96. The molecule has 2 aromatic heterocycles. The normalized spacial score (nSPS) is 15.4. The van der Waals surface area contributed by atoms with Crippen molar-refractivity contribution < 1.29 is 4.79 Å². The molecule has 0 unspecified atom stereocenters. The number of benzene rings is 1. The molecule has 7 nitrogen and oxygen atoms in total. The van der Waals surface area contributed by atoms with E-state index in [1.54, 1.807) is 6.33 Å². The number of aromatic nitrogens is 4. The molecule has 7 heteroatoms. The highest BCUT2D eigenvalue weighted by Gasteiger charge is 2.30. The van der Waals surface area contributed by atoms with E-state index in [9.17, 15) is 4.79 Å². The second-order valence-corrected chi connectivity index (χ2v) is 8.32. The fourth-order valence-corrected chi connectivity index (χ4v) is 4.65. The zero-order chi connectivity index (χ0) is 22.7. The third-order valence-electron chi connectivity index (χ3n) is 6.20. The average Bonchev–Trinajstić information content (AvgIpc) is 3.26. The van der Waals surface area contributed by atoms with Crippen molar-refractivity contribution in [3.63, 3.8) is 0 Å². The molecule has 166 valence electrons. The number of anilines is 1. The minimum Gasteiger partial charge on any atom is -0.355 e. The Bertz CT molecular complexity index is 1160. The molecule has 32 heavy (non-hydrogen) atoms. The zero-order valence-electron chi connectivity index (χ0n) is 18.8. The van der Waals surface area contributed by atoms with Crippen LogP contribution in [0.3, 0.4) is 0 Å². The number of allylic oxidation sites excluding steroid dienone is 1. The fourth-order valence-electron chi connectivity index (χ4n) is 4.65. The number of amides is 1. The molecular weight excluding hydrogens is 400 g/mol. The van der Waals surface area contributed by atoms with Gasteiger partial charge in [0.25, 0.3) is 0 Å². The molecule has 2 N–H and O–H groups in total. The van der Waals surface area contributed by atoms with Crippen LogP contribution in [-0.4, -0.2) is 45.7 Å². The van der Waals surface area contributed by atoms with Gasteiger partial charge in [-0.05, 0) is 43.0 Å². The molecule has 0 saturated heterocycles. The lowest BCUT2D eigenvalue weighted by Crippen LogP contribution is -2.36. The lowest BCUT2D eigenvalue weighted by atomic mass is 9.77. The second-order valence-electron chi connectivity index (χ2n) is 8.32. The Hall–Kier alpha value is -3.48. The molecule has 3 aromatic rings. The van der Waals surface area contributed by atoms with Crippen molar-refractivity contribution in [2.75, 3.05) is 24.5 Å². The summed E-state index contributed by atoms with van der Waals surface area (Å²) in [4.78, 5) is 23.1. The van der Waals surface area contributed by atoms with Crippen LogP contribution < -0.4 is 10.2 Å². The molecule has 1 aliphatic rings. The number of nitrogens with one attached hydrogen (secondary N) is 2. The minimum atomic E-state index is -0.161. The Morgan fingerprint density at radius 2 is 2.19 bits per heavy atom. The van der Waals surface area contributed by atoms with E-state index in [0.717, 1.165) is 53.8 Å². The first kappa shape index (κ1) is 21.7. The van der Waals surface area contributed by atoms with E-state index in [2.05, 4.69) is 69.5 Å². The number of hydrogen-bond donors (Lipinski definition) is 2. The van der Waals surface area contributed by atoms with Gasteiger partial charge in [-0.15, -0.1) is 0 Å². The van der Waals surface area contributed by atoms with Crippen LogP contribution in [0.25, 0.3) is 10.9 Å². The minimum absolute atomic E-state index is 0.161. The number of hydrogen-bond acceptors (Lipinski definition) is 5. The van der Waals surface area contributed by atoms with Crippen molar-refractivity contribution in [1.82, 2.24) is 25.5 Å². The molecule has 4 rings (SSSR count). The van der Waals surface area contributed by atoms with E-state index in [1.807, 2.05) is 6.20 Å². The first-order valence-corrected chi connectivity index (χ1v) is 11.1. The molecule has 1 amide bonds. The van der Waals surface area contributed by atoms with Gasteiger partial charge in [0, 0.05) is 42.9 Å². The summed E-state index contributed by atoms with van der Waals surface area (Å²) in [6.45, 7) is 14.4. The lowest BCUT2D eigenvalue weighted by Gasteiger charge is -2.32. The van der Waals surface area contributed by atoms with Crippen LogP contribution in [0.4, 0.5) is 5.82 Å². The standard InChI is InChI=1S/C25H30N6O/c1-5-10-31(11-9-26-23(32)6-2)25-19-12-17(4)18(13-22(19)27-15-28-25)24-16(3)7-8-21-20(24)14-29-30-21/h6-8,14-15,18H,2,4-5,9-13H2,1,3H3,(H,26,32)(H,29,30)/t18-/m0/s1. The monoisotopic (exact) mass is 430 g/mol. The summed E-state index contributed by atoms with van der Waals surface area (Å²) in [6, 6.07) is 4.22. The van der Waals surface area contributed by atoms with E-state index in [0.29, 0.717) is 13.1 Å². The maximum atomic E-state index is 11.5. The molecule has 1 atom stereocenters. The third kappa shape index (κ3) is 4.15. The van der Waals surface area contributed by atoms with Crippen LogP contribution in [0.5, 0.6) is 0 Å². The van der Waals surface area contributed by atoms with Gasteiger partial charge in [-0.1, -0.05) is 31.7 Å². The highest BCUT2D eigenvalue weighted by Crippen LogP contribution is 2.41. The largest absolute Gasteiger partial charge is 0.355 e. The maximum absolute atomic E-state index is 11.5. The van der Waals surface area contributed by atoms with Crippen LogP contribution in [0, 0.1) is 6.92 Å². The maximum Gasteiger partial charge on any atom is 0.243 e.